The number of carbonyl (C=O) groups excluding carboxylic acids is 3. The van der Waals surface area contributed by atoms with Crippen molar-refractivity contribution in [3.63, 3.8) is 0 Å². The zero-order valence-corrected chi connectivity index (χ0v) is 22.3. The molecule has 3 N–H and O–H groups in total. The van der Waals surface area contributed by atoms with Crippen LogP contribution in [0.4, 0.5) is 5.69 Å². The Hall–Kier alpha value is -4.72. The van der Waals surface area contributed by atoms with Gasteiger partial charge >= 0.3 is 0 Å². The predicted molar refractivity (Wildman–Crippen MR) is 152 cm³/mol. The summed E-state index contributed by atoms with van der Waals surface area (Å²) in [6, 6.07) is 20.1. The van der Waals surface area contributed by atoms with Gasteiger partial charge in [-0.2, -0.15) is 0 Å². The molecule has 5 rings (SSSR count). The first-order valence-electron chi connectivity index (χ1n) is 13.1. The number of hydrogen-bond acceptors (Lipinski definition) is 5. The highest BCUT2D eigenvalue weighted by Crippen LogP contribution is 2.31. The van der Waals surface area contributed by atoms with E-state index in [-0.39, 0.29) is 29.1 Å². The van der Waals surface area contributed by atoms with E-state index in [2.05, 4.69) is 12.2 Å². The Morgan fingerprint density at radius 3 is 2.49 bits per heavy atom. The van der Waals surface area contributed by atoms with E-state index in [1.165, 1.54) is 4.57 Å². The number of aromatic nitrogens is 1. The number of nitrogens with one attached hydrogen (secondary N) is 1. The maximum atomic E-state index is 13.4. The molecule has 0 radical (unpaired) electrons. The molecule has 8 heteroatoms. The quantitative estimate of drug-likeness (QED) is 0.389. The number of unbranched alkanes of at least 4 members (excludes halogenated alkanes) is 1. The lowest BCUT2D eigenvalue weighted by Crippen LogP contribution is -2.50. The molecule has 4 aromatic rings. The Morgan fingerprint density at radius 2 is 1.77 bits per heavy atom. The van der Waals surface area contributed by atoms with E-state index < -0.39 is 5.91 Å². The maximum absolute atomic E-state index is 13.4. The number of amides is 2. The molecule has 1 aliphatic rings. The summed E-state index contributed by atoms with van der Waals surface area (Å²) in [6.45, 7) is 4.13. The lowest BCUT2D eigenvalue weighted by Gasteiger charge is -2.35. The molecule has 0 fully saturated rings. The third-order valence-electron chi connectivity index (χ3n) is 7.09. The van der Waals surface area contributed by atoms with Crippen LogP contribution in [-0.4, -0.2) is 35.5 Å². The number of anilines is 1. The number of nitrogens with two attached hydrogens (primary N) is 1. The van der Waals surface area contributed by atoms with Crippen LogP contribution in [0.15, 0.2) is 77.9 Å². The van der Waals surface area contributed by atoms with E-state index in [9.17, 15) is 14.4 Å². The summed E-state index contributed by atoms with van der Waals surface area (Å²) in [4.78, 5) is 45.7. The Kier molecular flexibility index (Phi) is 7.02. The van der Waals surface area contributed by atoms with Gasteiger partial charge < -0.3 is 16.0 Å². The summed E-state index contributed by atoms with van der Waals surface area (Å²) in [5.74, 6) is -1.19. The highest BCUT2D eigenvalue weighted by atomic mass is 16.2. The average molecular weight is 522 g/mol. The van der Waals surface area contributed by atoms with Crippen LogP contribution < -0.4 is 26.5 Å². The molecule has 0 saturated heterocycles. The van der Waals surface area contributed by atoms with Gasteiger partial charge in [0.2, 0.25) is 5.91 Å². The van der Waals surface area contributed by atoms with Crippen LogP contribution in [0, 0.1) is 6.92 Å². The molecule has 0 aliphatic carbocycles. The van der Waals surface area contributed by atoms with E-state index in [1.807, 2.05) is 54.3 Å². The summed E-state index contributed by atoms with van der Waals surface area (Å²) < 4.78 is 1.51. The van der Waals surface area contributed by atoms with Crippen molar-refractivity contribution in [2.45, 2.75) is 39.3 Å². The summed E-state index contributed by atoms with van der Waals surface area (Å²) in [6.07, 6.45) is 4.18. The summed E-state index contributed by atoms with van der Waals surface area (Å²) in [7, 11) is 1.63. The molecule has 0 bridgehead atoms. The maximum Gasteiger partial charge on any atom is 0.268 e. The Morgan fingerprint density at radius 1 is 1.00 bits per heavy atom. The fraction of sp³-hybridized carbons (Fsp3) is 0.226. The van der Waals surface area contributed by atoms with Crippen molar-refractivity contribution in [1.29, 1.82) is 0 Å². The second-order valence-corrected chi connectivity index (χ2v) is 9.71. The molecule has 2 heterocycles. The van der Waals surface area contributed by atoms with Gasteiger partial charge in [-0.3, -0.25) is 23.9 Å². The van der Waals surface area contributed by atoms with E-state index >= 15 is 0 Å². The van der Waals surface area contributed by atoms with Gasteiger partial charge in [-0.25, -0.2) is 0 Å². The van der Waals surface area contributed by atoms with Crippen molar-refractivity contribution >= 4 is 40.0 Å². The van der Waals surface area contributed by atoms with Crippen LogP contribution in [0.25, 0.3) is 16.6 Å². The van der Waals surface area contributed by atoms with Gasteiger partial charge in [0.05, 0.1) is 22.0 Å². The number of benzene rings is 3. The summed E-state index contributed by atoms with van der Waals surface area (Å²) in [5, 5.41) is 5.23. The third-order valence-corrected chi connectivity index (χ3v) is 7.09. The molecule has 2 amide bonds. The zero-order valence-electron chi connectivity index (χ0n) is 22.3. The lowest BCUT2D eigenvalue weighted by molar-refractivity contribution is -0.115. The molecule has 1 aliphatic heterocycles. The van der Waals surface area contributed by atoms with Crippen molar-refractivity contribution in [2.24, 2.45) is 10.7 Å². The first-order valence-corrected chi connectivity index (χ1v) is 13.1. The molecular weight excluding hydrogens is 490 g/mol. The van der Waals surface area contributed by atoms with Gasteiger partial charge in [0, 0.05) is 29.5 Å². The molecular formula is C31H31N5O3. The topological polar surface area (TPSA) is 110 Å². The SMILES string of the molecule is CCCCC1N=c2ccc(C)cc2=C(C(=O)NC)N1c1ccc2c(ccn2C(=O)c2ccccc2C(N)=O)c1. The number of hydrogen-bond donors (Lipinski definition) is 2. The minimum atomic E-state index is -0.655. The lowest BCUT2D eigenvalue weighted by atomic mass is 10.0. The fourth-order valence-electron chi connectivity index (χ4n) is 5.15. The van der Waals surface area contributed by atoms with Crippen molar-refractivity contribution in [1.82, 2.24) is 9.88 Å². The van der Waals surface area contributed by atoms with Gasteiger partial charge in [-0.05, 0) is 68.3 Å². The van der Waals surface area contributed by atoms with E-state index in [0.717, 1.165) is 46.5 Å². The van der Waals surface area contributed by atoms with Gasteiger partial charge in [-0.1, -0.05) is 37.1 Å². The first-order chi connectivity index (χ1) is 18.8. The minimum absolute atomic E-state index is 0.174. The average Bonchev–Trinajstić information content (AvgIpc) is 3.37. The van der Waals surface area contributed by atoms with E-state index in [4.69, 9.17) is 10.7 Å². The van der Waals surface area contributed by atoms with Gasteiger partial charge in [0.15, 0.2) is 0 Å². The largest absolute Gasteiger partial charge is 0.366 e. The van der Waals surface area contributed by atoms with Crippen LogP contribution in [0.2, 0.25) is 0 Å². The van der Waals surface area contributed by atoms with E-state index in [0.29, 0.717) is 11.2 Å². The number of aryl methyl sites for hydroxylation is 1. The van der Waals surface area contributed by atoms with Crippen LogP contribution in [0.3, 0.4) is 0 Å². The Balaban J connectivity index is 1.65. The Labute approximate surface area is 226 Å². The van der Waals surface area contributed by atoms with Crippen molar-refractivity contribution < 1.29 is 14.4 Å². The minimum Gasteiger partial charge on any atom is -0.366 e. The smallest absolute Gasteiger partial charge is 0.268 e. The number of rotatable bonds is 7. The zero-order chi connectivity index (χ0) is 27.7. The molecule has 1 unspecified atom stereocenters. The second kappa shape index (κ2) is 10.6. The van der Waals surface area contributed by atoms with Gasteiger partial charge in [0.25, 0.3) is 11.8 Å². The molecule has 8 nitrogen and oxygen atoms in total. The molecule has 3 aromatic carbocycles. The highest BCUT2D eigenvalue weighted by molar-refractivity contribution is 6.18. The van der Waals surface area contributed by atoms with Crippen LogP contribution in [0.5, 0.6) is 0 Å². The monoisotopic (exact) mass is 521 g/mol. The number of primary amides is 1. The number of nitrogens with zero attached hydrogens (tertiary/aromatic N) is 3. The predicted octanol–water partition coefficient (Wildman–Crippen LogP) is 3.25. The molecule has 1 aromatic heterocycles. The second-order valence-electron chi connectivity index (χ2n) is 9.71. The van der Waals surface area contributed by atoms with Gasteiger partial charge in [-0.15, -0.1) is 0 Å². The fourth-order valence-corrected chi connectivity index (χ4v) is 5.15. The third kappa shape index (κ3) is 4.69. The first kappa shape index (κ1) is 25.9. The summed E-state index contributed by atoms with van der Waals surface area (Å²) >= 11 is 0. The number of likely N-dealkylation sites (N-methyl/N-ethyl adjacent to an activating group) is 1. The number of fused-ring (bicyclic) bond motifs is 2. The van der Waals surface area contributed by atoms with E-state index in [1.54, 1.807) is 37.5 Å². The highest BCUT2D eigenvalue weighted by Gasteiger charge is 2.30. The van der Waals surface area contributed by atoms with Crippen molar-refractivity contribution in [2.75, 3.05) is 11.9 Å². The van der Waals surface area contributed by atoms with Crippen LogP contribution >= 0.6 is 0 Å². The number of carbonyl (C=O) groups is 3. The van der Waals surface area contributed by atoms with Crippen molar-refractivity contribution in [3.8, 4) is 0 Å². The molecule has 39 heavy (non-hydrogen) atoms. The standard InChI is InChI=1S/C31H31N5O3/c1-4-5-10-27-34-25-13-11-19(2)17-24(25)28(30(38)33-3)36(27)21-12-14-26-20(18-21)15-16-35(26)31(39)23-9-7-6-8-22(23)29(32)37/h6-9,11-18,27H,4-5,10H2,1-3H3,(H2,32,37)(H,33,38). The van der Waals surface area contributed by atoms with Crippen LogP contribution in [-0.2, 0) is 4.79 Å². The van der Waals surface area contributed by atoms with Gasteiger partial charge in [0.1, 0.15) is 11.9 Å². The van der Waals surface area contributed by atoms with Crippen molar-refractivity contribution in [3.05, 3.63) is 100 Å². The molecule has 1 atom stereocenters. The molecule has 0 spiro atoms. The molecule has 0 saturated carbocycles. The normalized spacial score (nSPS) is 14.6. The Bertz CT molecular complexity index is 1740. The summed E-state index contributed by atoms with van der Waals surface area (Å²) in [5.41, 5.74) is 9.01. The molecule has 198 valence electrons. The van der Waals surface area contributed by atoms with Crippen LogP contribution in [0.1, 0.15) is 52.5 Å².